The van der Waals surface area contributed by atoms with E-state index < -0.39 is 41.7 Å². The maximum absolute atomic E-state index is 14.1. The monoisotopic (exact) mass is 318 g/mol. The first-order valence-corrected chi connectivity index (χ1v) is 6.64. The van der Waals surface area contributed by atoms with Crippen molar-refractivity contribution in [2.24, 2.45) is 16.6 Å². The second-order valence-corrected chi connectivity index (χ2v) is 5.63. The van der Waals surface area contributed by atoms with Crippen LogP contribution in [0.15, 0.2) is 29.3 Å². The molecule has 0 aliphatic carbocycles. The average Bonchev–Trinajstić information content (AvgIpc) is 2.84. The smallest absolute Gasteiger partial charge is 0.416 e. The minimum atomic E-state index is -4.69. The third-order valence-electron chi connectivity index (χ3n) is 4.37. The molecular formula is C14H14F4N2O2. The van der Waals surface area contributed by atoms with Gasteiger partial charge in [-0.2, -0.15) is 13.2 Å². The molecule has 1 saturated heterocycles. The Morgan fingerprint density at radius 3 is 2.64 bits per heavy atom. The molecule has 0 saturated carbocycles. The molecule has 1 fully saturated rings. The number of fused-ring (bicyclic) bond motifs is 1. The van der Waals surface area contributed by atoms with Crippen molar-refractivity contribution >= 4 is 6.02 Å². The van der Waals surface area contributed by atoms with E-state index in [0.717, 1.165) is 6.07 Å². The lowest BCUT2D eigenvalue weighted by Crippen LogP contribution is -2.61. The van der Waals surface area contributed by atoms with Crippen molar-refractivity contribution in [2.75, 3.05) is 13.2 Å². The van der Waals surface area contributed by atoms with E-state index in [2.05, 4.69) is 4.99 Å². The van der Waals surface area contributed by atoms with Crippen molar-refractivity contribution in [3.8, 4) is 0 Å². The zero-order valence-corrected chi connectivity index (χ0v) is 11.7. The number of nitrogens with zero attached hydrogens (tertiary/aromatic N) is 1. The van der Waals surface area contributed by atoms with E-state index in [0.29, 0.717) is 0 Å². The van der Waals surface area contributed by atoms with Gasteiger partial charge < -0.3 is 15.2 Å². The van der Waals surface area contributed by atoms with Crippen LogP contribution < -0.4 is 5.73 Å². The number of hydrogen-bond donors (Lipinski definition) is 1. The summed E-state index contributed by atoms with van der Waals surface area (Å²) in [5.74, 6) is -1.90. The molecule has 0 amide bonds. The molecule has 8 heteroatoms. The van der Waals surface area contributed by atoms with Gasteiger partial charge in [0.25, 0.3) is 6.02 Å². The molecule has 2 N–H and O–H groups in total. The number of halogens is 4. The Balaban J connectivity index is 2.20. The van der Waals surface area contributed by atoms with Gasteiger partial charge in [0.1, 0.15) is 11.4 Å². The van der Waals surface area contributed by atoms with Gasteiger partial charge in [-0.05, 0) is 13.0 Å². The standard InChI is InChI=1S/C14H14F4N2O2/c1-12(8-4-2-3-5-9(8)15)10-6-21-7-13(10,14(16,17)18)20-11(19)22-12/h2-5,10H,6-7H2,1H3,(H2,19,20)/t10-,12+,13+/m0/s1. The maximum Gasteiger partial charge on any atom is 0.416 e. The van der Waals surface area contributed by atoms with Gasteiger partial charge in [-0.3, -0.25) is 0 Å². The molecule has 0 radical (unpaired) electrons. The summed E-state index contributed by atoms with van der Waals surface area (Å²) in [7, 11) is 0. The summed E-state index contributed by atoms with van der Waals surface area (Å²) in [6, 6.07) is 4.90. The van der Waals surface area contributed by atoms with Gasteiger partial charge in [0, 0.05) is 5.56 Å². The molecular weight excluding hydrogens is 304 g/mol. The first-order chi connectivity index (χ1) is 10.2. The molecule has 0 spiro atoms. The average molecular weight is 318 g/mol. The van der Waals surface area contributed by atoms with Crippen LogP contribution in [0.25, 0.3) is 0 Å². The molecule has 4 nitrogen and oxygen atoms in total. The Bertz CT molecular complexity index is 634. The van der Waals surface area contributed by atoms with Crippen molar-refractivity contribution in [3.63, 3.8) is 0 Å². The van der Waals surface area contributed by atoms with E-state index in [4.69, 9.17) is 15.2 Å². The predicted molar refractivity (Wildman–Crippen MR) is 69.6 cm³/mol. The Hall–Kier alpha value is -1.83. The number of aliphatic imine (C=N–C) groups is 1. The largest absolute Gasteiger partial charge is 0.454 e. The second kappa shape index (κ2) is 4.58. The van der Waals surface area contributed by atoms with E-state index >= 15 is 0 Å². The summed E-state index contributed by atoms with van der Waals surface area (Å²) in [5, 5.41) is 0. The van der Waals surface area contributed by atoms with Crippen LogP contribution in [0, 0.1) is 11.7 Å². The van der Waals surface area contributed by atoms with Gasteiger partial charge >= 0.3 is 6.18 Å². The number of amidine groups is 1. The normalized spacial score (nSPS) is 34.8. The van der Waals surface area contributed by atoms with E-state index in [1.807, 2.05) is 0 Å². The number of benzene rings is 1. The van der Waals surface area contributed by atoms with Gasteiger partial charge in [-0.1, -0.05) is 18.2 Å². The molecule has 1 aromatic rings. The minimum absolute atomic E-state index is 0.00280. The predicted octanol–water partition coefficient (Wildman–Crippen LogP) is 2.33. The summed E-state index contributed by atoms with van der Waals surface area (Å²) in [6.45, 7) is 0.475. The molecule has 2 heterocycles. The Morgan fingerprint density at radius 1 is 1.32 bits per heavy atom. The zero-order valence-electron chi connectivity index (χ0n) is 11.7. The molecule has 0 unspecified atom stereocenters. The van der Waals surface area contributed by atoms with Crippen molar-refractivity contribution in [1.29, 1.82) is 0 Å². The lowest BCUT2D eigenvalue weighted by atomic mass is 9.71. The molecule has 1 aromatic carbocycles. The Morgan fingerprint density at radius 2 is 2.00 bits per heavy atom. The first-order valence-electron chi connectivity index (χ1n) is 6.64. The zero-order chi connectivity index (χ0) is 16.2. The molecule has 120 valence electrons. The highest BCUT2D eigenvalue weighted by Crippen LogP contribution is 2.54. The Labute approximate surface area is 123 Å². The van der Waals surface area contributed by atoms with Crippen LogP contribution in [0.1, 0.15) is 12.5 Å². The lowest BCUT2D eigenvalue weighted by molar-refractivity contribution is -0.216. The lowest BCUT2D eigenvalue weighted by Gasteiger charge is -2.46. The SMILES string of the molecule is C[C@]1(c2ccccc2F)OC(N)=N[C@]2(C(F)(F)F)COC[C@@H]12. The second-order valence-electron chi connectivity index (χ2n) is 5.63. The molecule has 2 aliphatic rings. The van der Waals surface area contributed by atoms with Gasteiger partial charge in [0.05, 0.1) is 19.1 Å². The summed E-state index contributed by atoms with van der Waals surface area (Å²) >= 11 is 0. The van der Waals surface area contributed by atoms with Crippen molar-refractivity contribution in [2.45, 2.75) is 24.2 Å². The third kappa shape index (κ3) is 1.89. The van der Waals surface area contributed by atoms with Crippen LogP contribution >= 0.6 is 0 Å². The van der Waals surface area contributed by atoms with Gasteiger partial charge in [-0.15, -0.1) is 0 Å². The summed E-state index contributed by atoms with van der Waals surface area (Å²) in [5.41, 5.74) is 1.34. The topological polar surface area (TPSA) is 56.8 Å². The van der Waals surface area contributed by atoms with Crippen LogP contribution in [0.5, 0.6) is 0 Å². The summed E-state index contributed by atoms with van der Waals surface area (Å²) in [4.78, 5) is 3.50. The molecule has 3 atom stereocenters. The van der Waals surface area contributed by atoms with Crippen LogP contribution in [0.3, 0.4) is 0 Å². The highest BCUT2D eigenvalue weighted by molar-refractivity contribution is 5.74. The summed E-state index contributed by atoms with van der Waals surface area (Å²) < 4.78 is 65.5. The number of nitrogens with two attached hydrogens (primary N) is 1. The number of ether oxygens (including phenoxy) is 2. The first kappa shape index (κ1) is 15.1. The highest BCUT2D eigenvalue weighted by Gasteiger charge is 2.70. The van der Waals surface area contributed by atoms with Gasteiger partial charge in [0.15, 0.2) is 5.54 Å². The van der Waals surface area contributed by atoms with E-state index in [1.54, 1.807) is 0 Å². The van der Waals surface area contributed by atoms with E-state index in [-0.39, 0.29) is 12.2 Å². The number of hydrogen-bond acceptors (Lipinski definition) is 4. The fraction of sp³-hybridized carbons (Fsp3) is 0.500. The fourth-order valence-electron chi connectivity index (χ4n) is 3.25. The number of alkyl halides is 3. The van der Waals surface area contributed by atoms with Crippen molar-refractivity contribution < 1.29 is 27.0 Å². The highest BCUT2D eigenvalue weighted by atomic mass is 19.4. The van der Waals surface area contributed by atoms with E-state index in [1.165, 1.54) is 25.1 Å². The summed E-state index contributed by atoms with van der Waals surface area (Å²) in [6.07, 6.45) is -4.69. The van der Waals surface area contributed by atoms with Crippen LogP contribution in [0.2, 0.25) is 0 Å². The maximum atomic E-state index is 14.1. The van der Waals surface area contributed by atoms with Crippen molar-refractivity contribution in [1.82, 2.24) is 0 Å². The quantitative estimate of drug-likeness (QED) is 0.809. The van der Waals surface area contributed by atoms with Crippen LogP contribution in [-0.4, -0.2) is 31.0 Å². The molecule has 2 aliphatic heterocycles. The minimum Gasteiger partial charge on any atom is -0.454 e. The molecule has 3 rings (SSSR count). The fourth-order valence-corrected chi connectivity index (χ4v) is 3.25. The number of rotatable bonds is 1. The van der Waals surface area contributed by atoms with Crippen molar-refractivity contribution in [3.05, 3.63) is 35.6 Å². The van der Waals surface area contributed by atoms with E-state index in [9.17, 15) is 17.6 Å². The third-order valence-corrected chi connectivity index (χ3v) is 4.37. The molecule has 22 heavy (non-hydrogen) atoms. The van der Waals surface area contributed by atoms with Crippen LogP contribution in [-0.2, 0) is 15.1 Å². The van der Waals surface area contributed by atoms with Gasteiger partial charge in [-0.25, -0.2) is 9.38 Å². The van der Waals surface area contributed by atoms with Crippen LogP contribution in [0.4, 0.5) is 17.6 Å². The Kier molecular flexibility index (Phi) is 3.14. The molecule has 0 bridgehead atoms. The van der Waals surface area contributed by atoms with Gasteiger partial charge in [0.2, 0.25) is 0 Å². The molecule has 0 aromatic heterocycles.